The molecule has 0 amide bonds. The molecule has 4 aliphatic rings. The summed E-state index contributed by atoms with van der Waals surface area (Å²) < 4.78 is 13.8. The molecule has 9 nitrogen and oxygen atoms in total. The number of aromatic nitrogens is 4. The summed E-state index contributed by atoms with van der Waals surface area (Å²) in [7, 11) is 1.64. The van der Waals surface area contributed by atoms with Crippen LogP contribution in [0.5, 0.6) is 5.88 Å². The van der Waals surface area contributed by atoms with Gasteiger partial charge in [0.15, 0.2) is 12.0 Å². The minimum atomic E-state index is -0.417. The van der Waals surface area contributed by atoms with Crippen molar-refractivity contribution in [2.24, 2.45) is 4.99 Å². The van der Waals surface area contributed by atoms with Crippen molar-refractivity contribution < 1.29 is 6.11 Å². The summed E-state index contributed by atoms with van der Waals surface area (Å²) >= 11 is 0. The second-order valence-corrected chi connectivity index (χ2v) is 10.2. The topological polar surface area (TPSA) is 85.8 Å². The Bertz CT molecular complexity index is 1510. The van der Waals surface area contributed by atoms with Crippen molar-refractivity contribution in [3.63, 3.8) is 0 Å². The summed E-state index contributed by atoms with van der Waals surface area (Å²) in [5, 5.41) is 7.56. The quantitative estimate of drug-likeness (QED) is 0.418. The molecule has 0 saturated carbocycles. The fraction of sp³-hybridized carbons (Fsp3) is 0.310. The van der Waals surface area contributed by atoms with Crippen LogP contribution in [0.2, 0.25) is 0 Å². The molecule has 7 heterocycles. The lowest BCUT2D eigenvalue weighted by molar-refractivity contribution is -0.00877. The Morgan fingerprint density at radius 2 is 1.89 bits per heavy atom. The summed E-state index contributed by atoms with van der Waals surface area (Å²) in [5.74, 6) is 2.40. The first-order chi connectivity index (χ1) is 19.1. The van der Waals surface area contributed by atoms with Crippen LogP contribution < -0.4 is 14.5 Å². The molecule has 3 fully saturated rings. The van der Waals surface area contributed by atoms with Crippen LogP contribution in [0.15, 0.2) is 72.0 Å². The summed E-state index contributed by atoms with van der Waals surface area (Å²) in [4.78, 5) is 21.0. The number of hydrogen-bond donors (Lipinski definition) is 1. The second kappa shape index (κ2) is 9.25. The zero-order valence-electron chi connectivity index (χ0n) is 22.5. The first-order valence-electron chi connectivity index (χ1n) is 13.5. The largest absolute Gasteiger partial charge is 0.481 e. The van der Waals surface area contributed by atoms with E-state index in [4.69, 9.17) is 16.1 Å². The molecule has 2 bridgehead atoms. The molecule has 1 aromatic carbocycles. The standard InChI is InChI=1S/C29H30N8O/c1-19-11-27(34-33-19)37-25-6-4-3-5-21(25)14-32-29(37)22-8-9-26(30-15-22)35-17-23-12-24(18-35)36(23)16-20-7-10-28(38-2)31-13-20/h3-11,13-15,23-24,29H,12,16-18H2,1-2H3,(H,33,34)/i14D. The first kappa shape index (κ1) is 21.8. The molecule has 4 aromatic rings. The molecule has 0 aliphatic carbocycles. The van der Waals surface area contributed by atoms with Crippen molar-refractivity contribution in [1.29, 1.82) is 0 Å². The lowest BCUT2D eigenvalue weighted by atomic mass is 9.87. The third-order valence-electron chi connectivity index (χ3n) is 7.76. The zero-order valence-corrected chi connectivity index (χ0v) is 21.5. The number of hydrogen-bond acceptors (Lipinski definition) is 8. The second-order valence-electron chi connectivity index (χ2n) is 10.2. The summed E-state index contributed by atoms with van der Waals surface area (Å²) in [6.07, 6.45) is 4.88. The van der Waals surface area contributed by atoms with Gasteiger partial charge < -0.3 is 9.64 Å². The molecule has 8 rings (SSSR count). The molecule has 38 heavy (non-hydrogen) atoms. The molecular weight excluding hydrogens is 476 g/mol. The number of piperidine rings is 1. The van der Waals surface area contributed by atoms with E-state index >= 15 is 0 Å². The highest BCUT2D eigenvalue weighted by Gasteiger charge is 2.44. The van der Waals surface area contributed by atoms with Gasteiger partial charge in [0.25, 0.3) is 0 Å². The van der Waals surface area contributed by atoms with Gasteiger partial charge in [0, 0.05) is 79.3 Å². The first-order valence-corrected chi connectivity index (χ1v) is 13.0. The number of fused-ring (bicyclic) bond motifs is 3. The zero-order chi connectivity index (χ0) is 26.5. The number of nitrogens with one attached hydrogen (secondary N) is 1. The van der Waals surface area contributed by atoms with Crippen LogP contribution in [0.3, 0.4) is 0 Å². The van der Waals surface area contributed by atoms with Gasteiger partial charge in [-0.3, -0.25) is 19.9 Å². The molecular formula is C29H30N8O. The minimum Gasteiger partial charge on any atom is -0.481 e. The number of ether oxygens (including phenoxy) is 1. The van der Waals surface area contributed by atoms with Crippen LogP contribution in [0, 0.1) is 6.92 Å². The van der Waals surface area contributed by atoms with E-state index in [9.17, 15) is 0 Å². The monoisotopic (exact) mass is 507 g/mol. The minimum absolute atomic E-state index is 0.270. The Kier molecular flexibility index (Phi) is 5.31. The molecule has 4 aliphatic heterocycles. The summed E-state index contributed by atoms with van der Waals surface area (Å²) in [5.41, 5.74) is 4.81. The number of methoxy groups -OCH3 is 1. The molecule has 3 aromatic heterocycles. The van der Waals surface area contributed by atoms with Crippen molar-refractivity contribution in [3.8, 4) is 5.88 Å². The maximum absolute atomic E-state index is 8.59. The van der Waals surface area contributed by atoms with E-state index in [0.717, 1.165) is 53.8 Å². The van der Waals surface area contributed by atoms with Gasteiger partial charge in [-0.15, -0.1) is 0 Å². The van der Waals surface area contributed by atoms with Crippen LogP contribution >= 0.6 is 0 Å². The number of pyridine rings is 2. The van der Waals surface area contributed by atoms with Gasteiger partial charge in [-0.1, -0.05) is 24.3 Å². The van der Waals surface area contributed by atoms with Gasteiger partial charge in [-0.2, -0.15) is 5.10 Å². The Hall–Kier alpha value is -4.24. The number of aryl methyl sites for hydroxylation is 1. The number of rotatable bonds is 6. The lowest BCUT2D eigenvalue weighted by Gasteiger charge is -2.56. The van der Waals surface area contributed by atoms with Crippen molar-refractivity contribution in [2.45, 2.75) is 38.1 Å². The van der Waals surface area contributed by atoms with Gasteiger partial charge in [0.1, 0.15) is 5.82 Å². The maximum Gasteiger partial charge on any atom is 0.212 e. The number of H-pyrrole nitrogens is 1. The van der Waals surface area contributed by atoms with Crippen LogP contribution in [0.1, 0.15) is 36.3 Å². The predicted octanol–water partition coefficient (Wildman–Crippen LogP) is 4.25. The Balaban J connectivity index is 1.09. The van der Waals surface area contributed by atoms with E-state index in [1.165, 1.54) is 12.0 Å². The van der Waals surface area contributed by atoms with Crippen LogP contribution in [-0.2, 0) is 6.54 Å². The fourth-order valence-electron chi connectivity index (χ4n) is 5.80. The Labute approximate surface area is 223 Å². The van der Waals surface area contributed by atoms with E-state index in [1.54, 1.807) is 7.11 Å². The van der Waals surface area contributed by atoms with E-state index in [-0.39, 0.29) is 6.19 Å². The SMILES string of the molecule is [2H]C1=NC(c2ccc(N3CC4CC(C3)N4Cc3ccc(OC)nc3)nc2)N(c2cc(C)[nH]n2)c2ccccc21. The number of benzene rings is 1. The number of para-hydroxylation sites is 1. The lowest BCUT2D eigenvalue weighted by Crippen LogP contribution is -2.68. The highest BCUT2D eigenvalue weighted by atomic mass is 16.5. The molecule has 3 saturated heterocycles. The molecule has 192 valence electrons. The number of piperazine rings is 1. The number of aromatic amines is 1. The Morgan fingerprint density at radius 1 is 1.03 bits per heavy atom. The molecule has 1 N–H and O–H groups in total. The van der Waals surface area contributed by atoms with E-state index in [2.05, 4.69) is 48.1 Å². The Morgan fingerprint density at radius 3 is 2.61 bits per heavy atom. The van der Waals surface area contributed by atoms with E-state index in [1.807, 2.05) is 55.7 Å². The average molecular weight is 508 g/mol. The van der Waals surface area contributed by atoms with Gasteiger partial charge in [0.2, 0.25) is 5.88 Å². The fourth-order valence-corrected chi connectivity index (χ4v) is 5.80. The van der Waals surface area contributed by atoms with Gasteiger partial charge in [-0.25, -0.2) is 9.97 Å². The van der Waals surface area contributed by atoms with Crippen molar-refractivity contribution in [1.82, 2.24) is 25.1 Å². The number of nitrogens with zero attached hydrogens (tertiary/aromatic N) is 7. The van der Waals surface area contributed by atoms with E-state index < -0.39 is 6.17 Å². The molecule has 3 atom stereocenters. The molecule has 0 spiro atoms. The maximum atomic E-state index is 8.59. The third-order valence-corrected chi connectivity index (χ3v) is 7.76. The molecule has 9 heteroatoms. The summed E-state index contributed by atoms with van der Waals surface area (Å²) in [6.45, 7) is 4.80. The number of aliphatic imine (C=N–C) groups is 1. The molecule has 3 unspecified atom stereocenters. The van der Waals surface area contributed by atoms with Crippen LogP contribution in [0.25, 0.3) is 0 Å². The van der Waals surface area contributed by atoms with Crippen molar-refractivity contribution >= 4 is 23.5 Å². The van der Waals surface area contributed by atoms with Gasteiger partial charge >= 0.3 is 0 Å². The smallest absolute Gasteiger partial charge is 0.212 e. The third kappa shape index (κ3) is 3.99. The summed E-state index contributed by atoms with van der Waals surface area (Å²) in [6, 6.07) is 19.1. The average Bonchev–Trinajstić information content (AvgIpc) is 3.41. The van der Waals surface area contributed by atoms with Gasteiger partial charge in [0.05, 0.1) is 14.2 Å². The predicted molar refractivity (Wildman–Crippen MR) is 147 cm³/mol. The highest BCUT2D eigenvalue weighted by Crippen LogP contribution is 2.40. The highest BCUT2D eigenvalue weighted by molar-refractivity contribution is 5.92. The van der Waals surface area contributed by atoms with Crippen molar-refractivity contribution in [2.75, 3.05) is 30.0 Å². The number of anilines is 3. The van der Waals surface area contributed by atoms with Crippen LogP contribution in [0.4, 0.5) is 17.3 Å². The van der Waals surface area contributed by atoms with Gasteiger partial charge in [-0.05, 0) is 37.1 Å². The normalized spacial score (nSPS) is 22.8. The van der Waals surface area contributed by atoms with Crippen molar-refractivity contribution in [3.05, 3.63) is 89.4 Å². The molecule has 0 radical (unpaired) electrons. The van der Waals surface area contributed by atoms with E-state index in [0.29, 0.717) is 18.0 Å². The van der Waals surface area contributed by atoms with Crippen LogP contribution in [-0.4, -0.2) is 63.5 Å².